The fourth-order valence-corrected chi connectivity index (χ4v) is 8.52. The zero-order valence-corrected chi connectivity index (χ0v) is 31.0. The Labute approximate surface area is 302 Å². The smallest absolute Gasteiger partial charge is 0.304 e. The average molecular weight is 725 g/mol. The van der Waals surface area contributed by atoms with Crippen LogP contribution in [-0.2, 0) is 47.0 Å². The molecule has 1 saturated heterocycles. The van der Waals surface area contributed by atoms with E-state index in [1.54, 1.807) is 38.5 Å². The predicted octanol–water partition coefficient (Wildman–Crippen LogP) is 5.64. The molecule has 1 unspecified atom stereocenters. The number of carboxylic acid groups (broad SMARTS) is 1. The Morgan fingerprint density at radius 1 is 0.980 bits per heavy atom. The van der Waals surface area contributed by atoms with E-state index in [1.165, 1.54) is 4.31 Å². The molecular weight excluding hydrogens is 673 g/mol. The van der Waals surface area contributed by atoms with Crippen LogP contribution in [0.3, 0.4) is 0 Å². The van der Waals surface area contributed by atoms with Crippen molar-refractivity contribution in [3.05, 3.63) is 89.0 Å². The Hall–Kier alpha value is -3.52. The summed E-state index contributed by atoms with van der Waals surface area (Å²) in [6.45, 7) is 8.77. The molecule has 0 saturated carbocycles. The summed E-state index contributed by atoms with van der Waals surface area (Å²) >= 11 is 0. The van der Waals surface area contributed by atoms with Crippen molar-refractivity contribution in [1.82, 2.24) is 4.31 Å². The van der Waals surface area contributed by atoms with Gasteiger partial charge >= 0.3 is 5.97 Å². The van der Waals surface area contributed by atoms with Crippen molar-refractivity contribution in [2.24, 2.45) is 5.92 Å². The van der Waals surface area contributed by atoms with Gasteiger partial charge in [0.2, 0.25) is 10.0 Å². The minimum atomic E-state index is -4.02. The maximum atomic E-state index is 14.1. The second kappa shape index (κ2) is 18.3. The van der Waals surface area contributed by atoms with E-state index in [9.17, 15) is 18.3 Å². The lowest BCUT2D eigenvalue weighted by Crippen LogP contribution is -2.52. The molecule has 3 aromatic carbocycles. The number of rotatable bonds is 18. The SMILES string of the molecule is COCCCN1CCOc2ccc(CO[C@H]3CN(S(=O)(=O)c4ccc(C)cc4)[C@@H](CC(=O)O)C[C@@H]3c3ccc(COCC(C)COC)cc3)cc21. The maximum absolute atomic E-state index is 14.1. The van der Waals surface area contributed by atoms with Crippen LogP contribution in [0, 0.1) is 12.8 Å². The number of ether oxygens (including phenoxy) is 5. The number of benzene rings is 3. The van der Waals surface area contributed by atoms with Gasteiger partial charge < -0.3 is 33.7 Å². The lowest BCUT2D eigenvalue weighted by molar-refractivity contribution is -0.138. The average Bonchev–Trinajstić information content (AvgIpc) is 3.11. The molecule has 2 heterocycles. The van der Waals surface area contributed by atoms with E-state index in [0.29, 0.717) is 33.0 Å². The molecule has 1 fully saturated rings. The van der Waals surface area contributed by atoms with Crippen molar-refractivity contribution in [3.8, 4) is 5.75 Å². The summed E-state index contributed by atoms with van der Waals surface area (Å²) in [6.07, 6.45) is 0.319. The van der Waals surface area contributed by atoms with Gasteiger partial charge in [-0.2, -0.15) is 4.31 Å². The number of nitrogens with zero attached hydrogens (tertiary/aromatic N) is 2. The highest BCUT2D eigenvalue weighted by molar-refractivity contribution is 7.89. The number of carboxylic acids is 1. The number of fused-ring (bicyclic) bond motifs is 1. The van der Waals surface area contributed by atoms with Gasteiger partial charge in [0.05, 0.1) is 56.1 Å². The van der Waals surface area contributed by atoms with Crippen LogP contribution in [0.1, 0.15) is 54.4 Å². The van der Waals surface area contributed by atoms with Crippen LogP contribution in [0.15, 0.2) is 71.6 Å². The minimum absolute atomic E-state index is 0.0122. The lowest BCUT2D eigenvalue weighted by Gasteiger charge is -2.43. The first kappa shape index (κ1) is 38.7. The largest absolute Gasteiger partial charge is 0.490 e. The van der Waals surface area contributed by atoms with Crippen molar-refractivity contribution < 1.29 is 42.0 Å². The maximum Gasteiger partial charge on any atom is 0.304 e. The Bertz CT molecular complexity index is 1670. The standard InChI is InChI=1S/C39H52N2O9S/c1-28-6-13-34(14-7-28)51(44,45)41-23-38(50-27-31-10-15-37-36(20-31)40(17-19-49-37)16-5-18-46-3)35(21-33(41)22-39(42)43)32-11-8-30(9-12-32)26-48-25-29(2)24-47-4/h6-15,20,29,33,35,38H,5,16-19,21-27H2,1-4H3,(H,42,43)/t29?,33-,35-,38+/m1/s1. The van der Waals surface area contributed by atoms with Crippen molar-refractivity contribution >= 4 is 21.7 Å². The van der Waals surface area contributed by atoms with Gasteiger partial charge in [0.1, 0.15) is 12.4 Å². The fourth-order valence-electron chi connectivity index (χ4n) is 6.88. The molecule has 0 aliphatic carbocycles. The molecular formula is C39H52N2O9S. The second-order valence-corrected chi connectivity index (χ2v) is 15.5. The van der Waals surface area contributed by atoms with E-state index in [2.05, 4.69) is 17.9 Å². The molecule has 1 N–H and O–H groups in total. The number of aliphatic carboxylic acids is 1. The van der Waals surface area contributed by atoms with Gasteiger partial charge in [-0.15, -0.1) is 0 Å². The summed E-state index contributed by atoms with van der Waals surface area (Å²) < 4.78 is 58.6. The quantitative estimate of drug-likeness (QED) is 0.165. The van der Waals surface area contributed by atoms with Crippen molar-refractivity contribution in [1.29, 1.82) is 0 Å². The van der Waals surface area contributed by atoms with Crippen LogP contribution in [0.5, 0.6) is 5.75 Å². The molecule has 278 valence electrons. The van der Waals surface area contributed by atoms with Gasteiger partial charge in [0.25, 0.3) is 0 Å². The molecule has 0 spiro atoms. The summed E-state index contributed by atoms with van der Waals surface area (Å²) in [5, 5.41) is 9.91. The summed E-state index contributed by atoms with van der Waals surface area (Å²) in [7, 11) is -0.644. The second-order valence-electron chi connectivity index (χ2n) is 13.6. The minimum Gasteiger partial charge on any atom is -0.490 e. The van der Waals surface area contributed by atoms with Crippen molar-refractivity contribution in [3.63, 3.8) is 0 Å². The Kier molecular flexibility index (Phi) is 13.9. The van der Waals surface area contributed by atoms with Gasteiger partial charge in [-0.3, -0.25) is 4.79 Å². The normalized spacial score (nSPS) is 20.1. The molecule has 2 aliphatic heterocycles. The van der Waals surface area contributed by atoms with Crippen LogP contribution in [0.4, 0.5) is 5.69 Å². The highest BCUT2D eigenvalue weighted by Crippen LogP contribution is 2.39. The van der Waals surface area contributed by atoms with E-state index < -0.39 is 28.1 Å². The number of carbonyl (C=O) groups is 1. The number of sulfonamides is 1. The number of methoxy groups -OCH3 is 2. The molecule has 0 aromatic heterocycles. The number of aryl methyl sites for hydroxylation is 1. The molecule has 12 heteroatoms. The molecule has 3 aromatic rings. The molecule has 2 aliphatic rings. The predicted molar refractivity (Wildman–Crippen MR) is 195 cm³/mol. The van der Waals surface area contributed by atoms with Crippen molar-refractivity contribution in [2.45, 2.75) is 69.3 Å². The zero-order chi connectivity index (χ0) is 36.4. The number of anilines is 1. The lowest BCUT2D eigenvalue weighted by atomic mass is 9.83. The molecule has 4 atom stereocenters. The van der Waals surface area contributed by atoms with Crippen LogP contribution < -0.4 is 9.64 Å². The monoisotopic (exact) mass is 724 g/mol. The third-order valence-electron chi connectivity index (χ3n) is 9.53. The van der Waals surface area contributed by atoms with Gasteiger partial charge in [0, 0.05) is 51.8 Å². The number of hydrogen-bond acceptors (Lipinski definition) is 9. The van der Waals surface area contributed by atoms with Crippen molar-refractivity contribution in [2.75, 3.05) is 65.2 Å². The highest BCUT2D eigenvalue weighted by atomic mass is 32.2. The third kappa shape index (κ3) is 10.3. The first-order valence-corrected chi connectivity index (χ1v) is 19.1. The Morgan fingerprint density at radius 2 is 1.73 bits per heavy atom. The van der Waals surface area contributed by atoms with E-state index in [0.717, 1.165) is 53.2 Å². The number of hydrogen-bond donors (Lipinski definition) is 1. The molecule has 0 bridgehead atoms. The molecule has 11 nitrogen and oxygen atoms in total. The molecule has 5 rings (SSSR count). The topological polar surface area (TPSA) is 124 Å². The van der Waals surface area contributed by atoms with E-state index in [4.69, 9.17) is 23.7 Å². The summed E-state index contributed by atoms with van der Waals surface area (Å²) in [4.78, 5) is 14.5. The van der Waals surface area contributed by atoms with E-state index >= 15 is 0 Å². The molecule has 0 amide bonds. The first-order chi connectivity index (χ1) is 24.6. The molecule has 0 radical (unpaired) electrons. The third-order valence-corrected chi connectivity index (χ3v) is 11.5. The van der Waals surface area contributed by atoms with Crippen LogP contribution in [0.2, 0.25) is 0 Å². The van der Waals surface area contributed by atoms with Crippen LogP contribution in [0.25, 0.3) is 0 Å². The summed E-state index contributed by atoms with van der Waals surface area (Å²) in [5.74, 6) is -0.200. The van der Waals surface area contributed by atoms with E-state index in [1.807, 2.05) is 43.3 Å². The Morgan fingerprint density at radius 3 is 2.43 bits per heavy atom. The molecule has 51 heavy (non-hydrogen) atoms. The highest BCUT2D eigenvalue weighted by Gasteiger charge is 2.43. The van der Waals surface area contributed by atoms with Gasteiger partial charge in [-0.05, 0) is 60.7 Å². The van der Waals surface area contributed by atoms with Gasteiger partial charge in [-0.1, -0.05) is 55.0 Å². The van der Waals surface area contributed by atoms with E-state index in [-0.39, 0.29) is 42.7 Å². The zero-order valence-electron chi connectivity index (χ0n) is 30.2. The number of piperidine rings is 1. The van der Waals surface area contributed by atoms with Crippen LogP contribution in [-0.4, -0.2) is 96.2 Å². The first-order valence-electron chi connectivity index (χ1n) is 17.7. The summed E-state index contributed by atoms with van der Waals surface area (Å²) in [5.41, 5.74) is 4.83. The van der Waals surface area contributed by atoms with Gasteiger partial charge in [0.15, 0.2) is 0 Å². The van der Waals surface area contributed by atoms with Gasteiger partial charge in [-0.25, -0.2) is 8.42 Å². The van der Waals surface area contributed by atoms with Crippen LogP contribution >= 0.6 is 0 Å². The fraction of sp³-hybridized carbons (Fsp3) is 0.513. The Balaban J connectivity index is 1.41. The summed E-state index contributed by atoms with van der Waals surface area (Å²) in [6, 6.07) is 20.0.